The van der Waals surface area contributed by atoms with Crippen LogP contribution in [0.3, 0.4) is 0 Å². The molecule has 2 aromatic carbocycles. The molecule has 3 aromatic rings. The Morgan fingerprint density at radius 1 is 1.07 bits per heavy atom. The number of carbonyl (C=O) groups excluding carboxylic acids is 1. The lowest BCUT2D eigenvalue weighted by molar-refractivity contribution is -0.137. The molecule has 154 valence electrons. The molecular weight excluding hydrogens is 391 g/mol. The summed E-state index contributed by atoms with van der Waals surface area (Å²) in [6.45, 7) is 4.08. The average molecular weight is 411 g/mol. The molecule has 3 N–H and O–H groups in total. The number of rotatable bonds is 6. The molecule has 0 saturated heterocycles. The molecule has 0 fully saturated rings. The second-order valence-electron chi connectivity index (χ2n) is 6.79. The van der Waals surface area contributed by atoms with E-state index in [9.17, 15) is 18.0 Å². The molecule has 1 heterocycles. The molecule has 0 unspecified atom stereocenters. The lowest BCUT2D eigenvalue weighted by Gasteiger charge is -2.13. The highest BCUT2D eigenvalue weighted by atomic mass is 19.4. The Kier molecular flexibility index (Phi) is 6.20. The number of halogens is 3. The summed E-state index contributed by atoms with van der Waals surface area (Å²) in [6.07, 6.45) is 0.324. The molecule has 0 bridgehead atoms. The zero-order valence-corrected chi connectivity index (χ0v) is 16.0. The molecule has 1 aromatic heterocycles. The Morgan fingerprint density at radius 2 is 1.80 bits per heavy atom. The summed E-state index contributed by atoms with van der Waals surface area (Å²) in [5, 5.41) is 2.62. The summed E-state index contributed by atoms with van der Waals surface area (Å²) in [5.41, 5.74) is 8.62. The number of nitrogens with two attached hydrogens (primary N) is 1. The number of nitrogen functional groups attached to an aromatic ring is 1. The number of benzene rings is 2. The normalized spacial score (nSPS) is 11.2. The Hall–Kier alpha value is -3.61. The summed E-state index contributed by atoms with van der Waals surface area (Å²) in [6, 6.07) is 13.0. The highest BCUT2D eigenvalue weighted by Crippen LogP contribution is 2.30. The van der Waals surface area contributed by atoms with E-state index in [2.05, 4.69) is 16.9 Å². The number of amides is 1. The van der Waals surface area contributed by atoms with Crippen molar-refractivity contribution in [1.29, 1.82) is 0 Å². The zero-order valence-electron chi connectivity index (χ0n) is 16.0. The van der Waals surface area contributed by atoms with Gasteiger partial charge in [-0.1, -0.05) is 12.6 Å². The Labute approximate surface area is 172 Å². The lowest BCUT2D eigenvalue weighted by Crippen LogP contribution is -2.14. The molecule has 0 aliphatic carbocycles. The molecule has 0 spiro atoms. The first-order chi connectivity index (χ1) is 14.2. The Balaban J connectivity index is 1.73. The van der Waals surface area contributed by atoms with Gasteiger partial charge in [0.05, 0.1) is 5.56 Å². The van der Waals surface area contributed by atoms with Crippen LogP contribution < -0.4 is 11.1 Å². The maximum Gasteiger partial charge on any atom is 0.416 e. The first kappa shape index (κ1) is 21.1. The van der Waals surface area contributed by atoms with Crippen molar-refractivity contribution in [3.63, 3.8) is 0 Å². The monoisotopic (exact) mass is 411 g/mol. The van der Waals surface area contributed by atoms with Crippen molar-refractivity contribution in [1.82, 2.24) is 4.98 Å². The average Bonchev–Trinajstić information content (AvgIpc) is 2.73. The third-order valence-electron chi connectivity index (χ3n) is 4.61. The van der Waals surface area contributed by atoms with Gasteiger partial charge in [-0.25, -0.2) is 0 Å². The molecule has 1 amide bonds. The van der Waals surface area contributed by atoms with E-state index in [0.29, 0.717) is 23.4 Å². The van der Waals surface area contributed by atoms with Gasteiger partial charge in [-0.3, -0.25) is 9.78 Å². The Bertz CT molecular complexity index is 1060. The number of hydrogen-bond donors (Lipinski definition) is 2. The summed E-state index contributed by atoms with van der Waals surface area (Å²) < 4.78 is 38.6. The number of aryl methyl sites for hydroxylation is 1. The molecule has 0 radical (unpaired) electrons. The number of carbonyl (C=O) groups is 1. The van der Waals surface area contributed by atoms with Crippen molar-refractivity contribution in [2.24, 2.45) is 0 Å². The van der Waals surface area contributed by atoms with Crippen LogP contribution in [0.1, 0.15) is 33.5 Å². The van der Waals surface area contributed by atoms with Gasteiger partial charge < -0.3 is 11.1 Å². The number of hydrogen-bond acceptors (Lipinski definition) is 3. The highest BCUT2D eigenvalue weighted by molar-refractivity contribution is 6.04. The standard InChI is InChI=1S/C23H20F3N3O/c1-15(5-6-16-9-11-28-12-10-16)20-14-19(7-8-21(20)27)29-22(30)17-3-2-4-18(13-17)23(24,25)26/h2-4,7-14H,1,5-6,27H2,(H,29,30). The van der Waals surface area contributed by atoms with Crippen LogP contribution in [0.15, 0.2) is 73.6 Å². The van der Waals surface area contributed by atoms with Crippen LogP contribution in [0.2, 0.25) is 0 Å². The highest BCUT2D eigenvalue weighted by Gasteiger charge is 2.30. The smallest absolute Gasteiger partial charge is 0.398 e. The molecule has 0 aliphatic rings. The van der Waals surface area contributed by atoms with Crippen LogP contribution in [0.4, 0.5) is 24.5 Å². The van der Waals surface area contributed by atoms with Gasteiger partial charge in [0.25, 0.3) is 5.91 Å². The van der Waals surface area contributed by atoms with Crippen LogP contribution in [-0.4, -0.2) is 10.9 Å². The van der Waals surface area contributed by atoms with Gasteiger partial charge in [0, 0.05) is 34.9 Å². The Morgan fingerprint density at radius 3 is 2.50 bits per heavy atom. The largest absolute Gasteiger partial charge is 0.416 e. The van der Waals surface area contributed by atoms with Crippen LogP contribution in [0.5, 0.6) is 0 Å². The molecule has 3 rings (SSSR count). The van der Waals surface area contributed by atoms with Crippen molar-refractivity contribution in [3.8, 4) is 0 Å². The maximum atomic E-state index is 12.9. The molecule has 0 atom stereocenters. The van der Waals surface area contributed by atoms with Crippen molar-refractivity contribution in [3.05, 3.63) is 95.8 Å². The molecule has 0 aliphatic heterocycles. The second kappa shape index (κ2) is 8.82. The minimum Gasteiger partial charge on any atom is -0.398 e. The predicted octanol–water partition coefficient (Wildman–Crippen LogP) is 5.58. The van der Waals surface area contributed by atoms with Crippen molar-refractivity contribution < 1.29 is 18.0 Å². The van der Waals surface area contributed by atoms with Crippen LogP contribution in [0, 0.1) is 0 Å². The fourth-order valence-electron chi connectivity index (χ4n) is 2.96. The lowest BCUT2D eigenvalue weighted by atomic mass is 9.98. The third-order valence-corrected chi connectivity index (χ3v) is 4.61. The fraction of sp³-hybridized carbons (Fsp3) is 0.130. The van der Waals surface area contributed by atoms with E-state index >= 15 is 0 Å². The van der Waals surface area contributed by atoms with E-state index in [-0.39, 0.29) is 5.56 Å². The van der Waals surface area contributed by atoms with Gasteiger partial charge in [0.1, 0.15) is 0 Å². The SMILES string of the molecule is C=C(CCc1ccncc1)c1cc(NC(=O)c2cccc(C(F)(F)F)c2)ccc1N. The quantitative estimate of drug-likeness (QED) is 0.520. The maximum absolute atomic E-state index is 12.9. The summed E-state index contributed by atoms with van der Waals surface area (Å²) in [7, 11) is 0. The molecule has 30 heavy (non-hydrogen) atoms. The third kappa shape index (κ3) is 5.26. The number of anilines is 2. The minimum absolute atomic E-state index is 0.0836. The number of alkyl halides is 3. The van der Waals surface area contributed by atoms with E-state index in [0.717, 1.165) is 29.7 Å². The summed E-state index contributed by atoms with van der Waals surface area (Å²) in [5.74, 6) is -0.640. The summed E-state index contributed by atoms with van der Waals surface area (Å²) in [4.78, 5) is 16.4. The number of aromatic nitrogens is 1. The predicted molar refractivity (Wildman–Crippen MR) is 112 cm³/mol. The fourth-order valence-corrected chi connectivity index (χ4v) is 2.96. The number of nitrogens with zero attached hydrogens (tertiary/aromatic N) is 1. The van der Waals surface area contributed by atoms with Gasteiger partial charge in [0.2, 0.25) is 0 Å². The van der Waals surface area contributed by atoms with Gasteiger partial charge in [0.15, 0.2) is 0 Å². The number of allylic oxidation sites excluding steroid dienone is 1. The van der Waals surface area contributed by atoms with Crippen LogP contribution in [-0.2, 0) is 12.6 Å². The van der Waals surface area contributed by atoms with E-state index in [1.165, 1.54) is 12.1 Å². The number of nitrogens with one attached hydrogen (secondary N) is 1. The second-order valence-corrected chi connectivity index (χ2v) is 6.79. The first-order valence-corrected chi connectivity index (χ1v) is 9.19. The van der Waals surface area contributed by atoms with E-state index in [4.69, 9.17) is 5.73 Å². The topological polar surface area (TPSA) is 68.0 Å². The molecule has 4 nitrogen and oxygen atoms in total. The van der Waals surface area contributed by atoms with Crippen molar-refractivity contribution in [2.75, 3.05) is 11.1 Å². The molecule has 7 heteroatoms. The van der Waals surface area contributed by atoms with Gasteiger partial charge in [-0.15, -0.1) is 0 Å². The van der Waals surface area contributed by atoms with Crippen molar-refractivity contribution in [2.45, 2.75) is 19.0 Å². The molecule has 0 saturated carbocycles. The minimum atomic E-state index is -4.52. The van der Waals surface area contributed by atoms with Gasteiger partial charge in [-0.05, 0) is 72.5 Å². The van der Waals surface area contributed by atoms with Gasteiger partial charge >= 0.3 is 6.18 Å². The van der Waals surface area contributed by atoms with Gasteiger partial charge in [-0.2, -0.15) is 13.2 Å². The first-order valence-electron chi connectivity index (χ1n) is 9.19. The summed E-state index contributed by atoms with van der Waals surface area (Å²) >= 11 is 0. The van der Waals surface area contributed by atoms with E-state index < -0.39 is 17.6 Å². The zero-order chi connectivity index (χ0) is 21.7. The van der Waals surface area contributed by atoms with Crippen LogP contribution >= 0.6 is 0 Å². The van der Waals surface area contributed by atoms with Crippen molar-refractivity contribution >= 4 is 22.9 Å². The number of pyridine rings is 1. The van der Waals surface area contributed by atoms with Crippen LogP contribution in [0.25, 0.3) is 5.57 Å². The molecular formula is C23H20F3N3O. The van der Waals surface area contributed by atoms with E-state index in [1.807, 2.05) is 12.1 Å². The van der Waals surface area contributed by atoms with E-state index in [1.54, 1.807) is 30.6 Å².